The first kappa shape index (κ1) is 13.3. The summed E-state index contributed by atoms with van der Waals surface area (Å²) >= 11 is 11.9. The van der Waals surface area contributed by atoms with Gasteiger partial charge in [0.05, 0.1) is 16.2 Å². The van der Waals surface area contributed by atoms with Crippen molar-refractivity contribution in [3.63, 3.8) is 0 Å². The second kappa shape index (κ2) is 4.62. The molecule has 3 N–H and O–H groups in total. The van der Waals surface area contributed by atoms with Gasteiger partial charge in [0.2, 0.25) is 5.91 Å². The van der Waals surface area contributed by atoms with Gasteiger partial charge >= 0.3 is 0 Å². The Kier molecular flexibility index (Phi) is 3.84. The van der Waals surface area contributed by atoms with Crippen LogP contribution in [0, 0.1) is 6.92 Å². The van der Waals surface area contributed by atoms with Gasteiger partial charge in [-0.2, -0.15) is 0 Å². The second-order valence-corrected chi connectivity index (χ2v) is 5.07. The van der Waals surface area contributed by atoms with Gasteiger partial charge in [-0.15, -0.1) is 0 Å². The first-order valence-corrected chi connectivity index (χ1v) is 5.53. The summed E-state index contributed by atoms with van der Waals surface area (Å²) in [7, 11) is 0. The molecule has 0 aliphatic heterocycles. The number of benzene rings is 1. The molecule has 1 rings (SSSR count). The highest BCUT2D eigenvalue weighted by Crippen LogP contribution is 2.29. The molecule has 0 aromatic heterocycles. The molecule has 0 saturated heterocycles. The summed E-state index contributed by atoms with van der Waals surface area (Å²) in [6.07, 6.45) is 0. The zero-order chi connectivity index (χ0) is 12.5. The van der Waals surface area contributed by atoms with Crippen LogP contribution in [0.1, 0.15) is 19.4 Å². The largest absolute Gasteiger partial charge is 0.323 e. The maximum absolute atomic E-state index is 11.6. The van der Waals surface area contributed by atoms with Gasteiger partial charge in [0.1, 0.15) is 0 Å². The van der Waals surface area contributed by atoms with Crippen molar-refractivity contribution in [1.29, 1.82) is 0 Å². The standard InChI is InChI=1S/C11H14Cl2N2O/c1-6-4-8(13)9(5-7(6)12)15-10(16)11(2,3)14/h4-5H,14H2,1-3H3,(H,15,16). The molecule has 0 fully saturated rings. The van der Waals surface area contributed by atoms with E-state index < -0.39 is 5.54 Å². The number of nitrogens with one attached hydrogen (secondary N) is 1. The van der Waals surface area contributed by atoms with E-state index in [0.29, 0.717) is 15.7 Å². The third kappa shape index (κ3) is 3.11. The first-order chi connectivity index (χ1) is 7.21. The summed E-state index contributed by atoms with van der Waals surface area (Å²) in [6.45, 7) is 5.07. The second-order valence-electron chi connectivity index (χ2n) is 4.26. The van der Waals surface area contributed by atoms with Gasteiger partial charge in [0.15, 0.2) is 0 Å². The molecule has 1 aromatic carbocycles. The fraction of sp³-hybridized carbons (Fsp3) is 0.364. The molecule has 0 radical (unpaired) electrons. The third-order valence-electron chi connectivity index (χ3n) is 2.08. The van der Waals surface area contributed by atoms with E-state index in [1.807, 2.05) is 6.92 Å². The molecule has 88 valence electrons. The van der Waals surface area contributed by atoms with E-state index in [9.17, 15) is 4.79 Å². The summed E-state index contributed by atoms with van der Waals surface area (Å²) in [5, 5.41) is 3.63. The van der Waals surface area contributed by atoms with Crippen LogP contribution in [0.25, 0.3) is 0 Å². The van der Waals surface area contributed by atoms with Crippen molar-refractivity contribution in [2.75, 3.05) is 5.32 Å². The fourth-order valence-corrected chi connectivity index (χ4v) is 1.45. The molecule has 0 saturated carbocycles. The molecule has 1 amide bonds. The minimum absolute atomic E-state index is 0.311. The van der Waals surface area contributed by atoms with E-state index in [-0.39, 0.29) is 5.91 Å². The predicted octanol–water partition coefficient (Wildman–Crippen LogP) is 2.98. The lowest BCUT2D eigenvalue weighted by Gasteiger charge is -2.18. The normalized spacial score (nSPS) is 11.4. The Morgan fingerprint density at radius 2 is 1.88 bits per heavy atom. The van der Waals surface area contributed by atoms with Crippen molar-refractivity contribution in [3.8, 4) is 0 Å². The van der Waals surface area contributed by atoms with Crippen LogP contribution in [0.15, 0.2) is 12.1 Å². The van der Waals surface area contributed by atoms with Crippen LogP contribution in [0.3, 0.4) is 0 Å². The minimum Gasteiger partial charge on any atom is -0.323 e. The Bertz CT molecular complexity index is 425. The Morgan fingerprint density at radius 3 is 2.38 bits per heavy atom. The SMILES string of the molecule is Cc1cc(Cl)c(NC(=O)C(C)(C)N)cc1Cl. The number of amides is 1. The number of carbonyl (C=O) groups is 1. The molecular weight excluding hydrogens is 247 g/mol. The lowest BCUT2D eigenvalue weighted by Crippen LogP contribution is -2.45. The third-order valence-corrected chi connectivity index (χ3v) is 2.80. The van der Waals surface area contributed by atoms with E-state index in [4.69, 9.17) is 28.9 Å². The maximum atomic E-state index is 11.6. The van der Waals surface area contributed by atoms with Gasteiger partial charge in [-0.05, 0) is 38.5 Å². The highest BCUT2D eigenvalue weighted by Gasteiger charge is 2.22. The summed E-state index contributed by atoms with van der Waals surface area (Å²) in [6, 6.07) is 3.31. The summed E-state index contributed by atoms with van der Waals surface area (Å²) in [5.74, 6) is -0.311. The molecule has 0 heterocycles. The quantitative estimate of drug-likeness (QED) is 0.859. The van der Waals surface area contributed by atoms with Gasteiger partial charge in [-0.25, -0.2) is 0 Å². The average molecular weight is 261 g/mol. The number of hydrogen-bond donors (Lipinski definition) is 2. The molecule has 16 heavy (non-hydrogen) atoms. The summed E-state index contributed by atoms with van der Waals surface area (Å²) in [4.78, 5) is 11.6. The van der Waals surface area contributed by atoms with E-state index >= 15 is 0 Å². The monoisotopic (exact) mass is 260 g/mol. The van der Waals surface area contributed by atoms with Crippen LogP contribution in [-0.4, -0.2) is 11.4 Å². The number of nitrogens with two attached hydrogens (primary N) is 1. The molecular formula is C11H14Cl2N2O. The molecule has 0 unspecified atom stereocenters. The smallest absolute Gasteiger partial charge is 0.243 e. The molecule has 0 spiro atoms. The van der Waals surface area contributed by atoms with Crippen molar-refractivity contribution in [2.24, 2.45) is 5.73 Å². The molecule has 0 aliphatic carbocycles. The zero-order valence-corrected chi connectivity index (χ0v) is 10.9. The molecule has 0 aliphatic rings. The van der Waals surface area contributed by atoms with Gasteiger partial charge in [-0.1, -0.05) is 23.2 Å². The molecule has 5 heteroatoms. The van der Waals surface area contributed by atoms with Gasteiger partial charge in [0.25, 0.3) is 0 Å². The number of carbonyl (C=O) groups excluding carboxylic acids is 1. The summed E-state index contributed by atoms with van der Waals surface area (Å²) in [5.41, 5.74) is 6.03. The molecule has 0 atom stereocenters. The Morgan fingerprint density at radius 1 is 1.31 bits per heavy atom. The van der Waals surface area contributed by atoms with Crippen molar-refractivity contribution in [1.82, 2.24) is 0 Å². The number of aryl methyl sites for hydroxylation is 1. The molecule has 0 bridgehead atoms. The van der Waals surface area contributed by atoms with Gasteiger partial charge in [0, 0.05) is 5.02 Å². The molecule has 3 nitrogen and oxygen atoms in total. The van der Waals surface area contributed by atoms with E-state index in [0.717, 1.165) is 5.56 Å². The predicted molar refractivity (Wildman–Crippen MR) is 68.1 cm³/mol. The van der Waals surface area contributed by atoms with E-state index in [2.05, 4.69) is 5.32 Å². The zero-order valence-electron chi connectivity index (χ0n) is 9.40. The van der Waals surface area contributed by atoms with Crippen LogP contribution in [-0.2, 0) is 4.79 Å². The van der Waals surface area contributed by atoms with E-state index in [1.165, 1.54) is 0 Å². The van der Waals surface area contributed by atoms with Crippen molar-refractivity contribution >= 4 is 34.8 Å². The van der Waals surface area contributed by atoms with Crippen LogP contribution in [0.5, 0.6) is 0 Å². The Hall–Kier alpha value is -0.770. The lowest BCUT2D eigenvalue weighted by molar-refractivity contribution is -0.120. The van der Waals surface area contributed by atoms with E-state index in [1.54, 1.807) is 26.0 Å². The first-order valence-electron chi connectivity index (χ1n) is 4.78. The van der Waals surface area contributed by atoms with Crippen LogP contribution in [0.4, 0.5) is 5.69 Å². The minimum atomic E-state index is -0.958. The fourth-order valence-electron chi connectivity index (χ4n) is 1.03. The topological polar surface area (TPSA) is 55.1 Å². The van der Waals surface area contributed by atoms with Crippen molar-refractivity contribution in [3.05, 3.63) is 27.7 Å². The highest BCUT2D eigenvalue weighted by atomic mass is 35.5. The average Bonchev–Trinajstić information content (AvgIpc) is 2.12. The Balaban J connectivity index is 2.99. The lowest BCUT2D eigenvalue weighted by atomic mass is 10.1. The maximum Gasteiger partial charge on any atom is 0.243 e. The number of rotatable bonds is 2. The van der Waals surface area contributed by atoms with Gasteiger partial charge in [-0.3, -0.25) is 4.79 Å². The van der Waals surface area contributed by atoms with Gasteiger partial charge < -0.3 is 11.1 Å². The van der Waals surface area contributed by atoms with Crippen LogP contribution < -0.4 is 11.1 Å². The van der Waals surface area contributed by atoms with Crippen molar-refractivity contribution < 1.29 is 4.79 Å². The number of hydrogen-bond acceptors (Lipinski definition) is 2. The van der Waals surface area contributed by atoms with Crippen LogP contribution in [0.2, 0.25) is 10.0 Å². The van der Waals surface area contributed by atoms with Crippen LogP contribution >= 0.6 is 23.2 Å². The highest BCUT2D eigenvalue weighted by molar-refractivity contribution is 6.36. The Labute approximate surface area is 105 Å². The van der Waals surface area contributed by atoms with Crippen molar-refractivity contribution in [2.45, 2.75) is 26.3 Å². The number of halogens is 2. The molecule has 1 aromatic rings. The summed E-state index contributed by atoms with van der Waals surface area (Å²) < 4.78 is 0. The number of anilines is 1.